The van der Waals surface area contributed by atoms with Crippen molar-refractivity contribution in [1.82, 2.24) is 4.90 Å². The summed E-state index contributed by atoms with van der Waals surface area (Å²) in [6.07, 6.45) is 3.77. The normalized spacial score (nSPS) is 16.3. The number of carbonyl (C=O) groups is 2. The number of hydrogen-bond acceptors (Lipinski definition) is 6. The first kappa shape index (κ1) is 23.0. The molecule has 1 amide bonds. The summed E-state index contributed by atoms with van der Waals surface area (Å²) in [6, 6.07) is 10.3. The van der Waals surface area contributed by atoms with E-state index in [0.29, 0.717) is 36.8 Å². The van der Waals surface area contributed by atoms with Crippen molar-refractivity contribution in [3.05, 3.63) is 63.6 Å². The second-order valence-electron chi connectivity index (χ2n) is 7.44. The van der Waals surface area contributed by atoms with Crippen molar-refractivity contribution >= 4 is 23.0 Å². The number of ether oxygens (including phenoxy) is 2. The number of methoxy groups -OCH3 is 1. The highest BCUT2D eigenvalue weighted by Crippen LogP contribution is 2.40. The van der Waals surface area contributed by atoms with Crippen LogP contribution in [-0.4, -0.2) is 48.6 Å². The van der Waals surface area contributed by atoms with Crippen LogP contribution in [0.25, 0.3) is 0 Å². The lowest BCUT2D eigenvalue weighted by Crippen LogP contribution is -2.32. The molecule has 1 aromatic carbocycles. The highest BCUT2D eigenvalue weighted by atomic mass is 32.1. The third-order valence-corrected chi connectivity index (χ3v) is 6.10. The number of thiophene rings is 1. The second-order valence-corrected chi connectivity index (χ2v) is 8.39. The van der Waals surface area contributed by atoms with Crippen LogP contribution in [0.5, 0.6) is 5.75 Å². The third-order valence-electron chi connectivity index (χ3n) is 5.23. The summed E-state index contributed by atoms with van der Waals surface area (Å²) in [4.78, 5) is 28.1. The number of amides is 1. The Morgan fingerprint density at radius 1 is 1.16 bits per heavy atom. The molecule has 6 nitrogen and oxygen atoms in total. The lowest BCUT2D eigenvalue weighted by atomic mass is 9.95. The van der Waals surface area contributed by atoms with Gasteiger partial charge in [0.2, 0.25) is 5.78 Å². The average Bonchev–Trinajstić information content (AvgIpc) is 3.40. The van der Waals surface area contributed by atoms with E-state index in [1.165, 1.54) is 11.3 Å². The van der Waals surface area contributed by atoms with E-state index in [4.69, 9.17) is 9.47 Å². The van der Waals surface area contributed by atoms with Crippen molar-refractivity contribution in [3.8, 4) is 5.75 Å². The minimum atomic E-state index is -0.668. The van der Waals surface area contributed by atoms with Crippen molar-refractivity contribution in [1.29, 1.82) is 0 Å². The smallest absolute Gasteiger partial charge is 0.290 e. The molecule has 0 spiro atoms. The first-order valence-electron chi connectivity index (χ1n) is 10.6. The molecule has 1 aliphatic rings. The van der Waals surface area contributed by atoms with Gasteiger partial charge in [-0.05, 0) is 42.0 Å². The zero-order chi connectivity index (χ0) is 22.2. The number of aliphatic hydroxyl groups excluding tert-OH is 1. The summed E-state index contributed by atoms with van der Waals surface area (Å²) in [7, 11) is 1.60. The number of rotatable bonds is 12. The van der Waals surface area contributed by atoms with Crippen molar-refractivity contribution in [2.24, 2.45) is 0 Å². The highest BCUT2D eigenvalue weighted by Gasteiger charge is 2.43. The fourth-order valence-electron chi connectivity index (χ4n) is 3.70. The molecule has 31 heavy (non-hydrogen) atoms. The van der Waals surface area contributed by atoms with E-state index in [1.807, 2.05) is 24.3 Å². The zero-order valence-electron chi connectivity index (χ0n) is 18.0. The number of ketones is 1. The Labute approximate surface area is 187 Å². The van der Waals surface area contributed by atoms with Gasteiger partial charge in [-0.1, -0.05) is 38.0 Å². The Balaban J connectivity index is 1.93. The van der Waals surface area contributed by atoms with E-state index in [1.54, 1.807) is 29.5 Å². The van der Waals surface area contributed by atoms with Gasteiger partial charge < -0.3 is 19.5 Å². The number of carbonyl (C=O) groups excluding carboxylic acids is 2. The largest absolute Gasteiger partial charge is 0.503 e. The highest BCUT2D eigenvalue weighted by molar-refractivity contribution is 7.12. The predicted molar refractivity (Wildman–Crippen MR) is 121 cm³/mol. The van der Waals surface area contributed by atoms with Crippen LogP contribution in [0, 0.1) is 0 Å². The minimum absolute atomic E-state index is 0.119. The Hall–Kier alpha value is -2.64. The second kappa shape index (κ2) is 11.1. The monoisotopic (exact) mass is 443 g/mol. The molecule has 0 fully saturated rings. The molecule has 0 radical (unpaired) electrons. The first-order chi connectivity index (χ1) is 15.1. The van der Waals surface area contributed by atoms with Crippen molar-refractivity contribution < 1.29 is 24.2 Å². The van der Waals surface area contributed by atoms with Crippen LogP contribution >= 0.6 is 11.3 Å². The van der Waals surface area contributed by atoms with Crippen LogP contribution < -0.4 is 4.74 Å². The molecule has 3 rings (SSSR count). The van der Waals surface area contributed by atoms with Gasteiger partial charge in [-0.15, -0.1) is 11.3 Å². The molecule has 1 unspecified atom stereocenters. The number of Topliss-reactive ketones (excluding diaryl/α,β-unsaturated/α-hetero) is 1. The van der Waals surface area contributed by atoms with Crippen LogP contribution in [0.15, 0.2) is 53.1 Å². The topological polar surface area (TPSA) is 76.1 Å². The average molecular weight is 444 g/mol. The van der Waals surface area contributed by atoms with Crippen LogP contribution in [0.2, 0.25) is 0 Å². The Morgan fingerprint density at radius 2 is 2.00 bits per heavy atom. The fourth-order valence-corrected chi connectivity index (χ4v) is 4.38. The summed E-state index contributed by atoms with van der Waals surface area (Å²) in [5.74, 6) is -0.646. The number of aliphatic hydroxyl groups is 1. The van der Waals surface area contributed by atoms with E-state index < -0.39 is 17.7 Å². The van der Waals surface area contributed by atoms with Gasteiger partial charge in [0.1, 0.15) is 5.75 Å². The summed E-state index contributed by atoms with van der Waals surface area (Å²) in [6.45, 7) is 3.59. The van der Waals surface area contributed by atoms with Crippen molar-refractivity contribution in [3.63, 3.8) is 0 Å². The number of hydrogen-bond donors (Lipinski definition) is 1. The van der Waals surface area contributed by atoms with Gasteiger partial charge in [0.15, 0.2) is 5.76 Å². The van der Waals surface area contributed by atoms with E-state index in [9.17, 15) is 14.7 Å². The Bertz CT molecular complexity index is 922. The predicted octanol–water partition coefficient (Wildman–Crippen LogP) is 4.93. The van der Waals surface area contributed by atoms with Gasteiger partial charge in [0, 0.05) is 20.3 Å². The SMILES string of the molecule is CCCCCOc1cccc(C2C(C(=O)c3cccs3)=C(O)C(=O)N2CCCOC)c1. The van der Waals surface area contributed by atoms with Gasteiger partial charge >= 0.3 is 0 Å². The summed E-state index contributed by atoms with van der Waals surface area (Å²) < 4.78 is 11.0. The molecule has 0 saturated heterocycles. The lowest BCUT2D eigenvalue weighted by molar-refractivity contribution is -0.129. The van der Waals surface area contributed by atoms with Crippen LogP contribution in [0.1, 0.15) is 53.9 Å². The van der Waals surface area contributed by atoms with E-state index in [-0.39, 0.29) is 11.4 Å². The van der Waals surface area contributed by atoms with E-state index in [0.717, 1.165) is 24.8 Å². The van der Waals surface area contributed by atoms with E-state index >= 15 is 0 Å². The molecule has 1 aromatic heterocycles. The molecular weight excluding hydrogens is 414 g/mol. The maximum Gasteiger partial charge on any atom is 0.290 e. The molecule has 1 aliphatic heterocycles. The third kappa shape index (κ3) is 5.35. The van der Waals surface area contributed by atoms with E-state index in [2.05, 4.69) is 6.92 Å². The number of unbranched alkanes of at least 4 members (excludes halogenated alkanes) is 2. The summed E-state index contributed by atoms with van der Waals surface area (Å²) >= 11 is 1.29. The minimum Gasteiger partial charge on any atom is -0.503 e. The summed E-state index contributed by atoms with van der Waals surface area (Å²) in [5.41, 5.74) is 0.857. The zero-order valence-corrected chi connectivity index (χ0v) is 18.8. The van der Waals surface area contributed by atoms with Crippen LogP contribution in [0.4, 0.5) is 0 Å². The molecule has 1 N–H and O–H groups in total. The van der Waals surface area contributed by atoms with Crippen molar-refractivity contribution in [2.45, 2.75) is 38.6 Å². The quantitative estimate of drug-likeness (QED) is 0.372. The molecule has 7 heteroatoms. The van der Waals surface area contributed by atoms with Gasteiger partial charge in [-0.25, -0.2) is 0 Å². The molecule has 0 bridgehead atoms. The molecule has 0 saturated carbocycles. The first-order valence-corrected chi connectivity index (χ1v) is 11.5. The van der Waals surface area contributed by atoms with Gasteiger partial charge in [-0.2, -0.15) is 0 Å². The molecule has 166 valence electrons. The summed E-state index contributed by atoms with van der Waals surface area (Å²) in [5, 5.41) is 12.5. The van der Waals surface area contributed by atoms with Crippen molar-refractivity contribution in [2.75, 3.05) is 26.9 Å². The Morgan fingerprint density at radius 3 is 2.71 bits per heavy atom. The van der Waals surface area contributed by atoms with Gasteiger partial charge in [0.05, 0.1) is 23.1 Å². The van der Waals surface area contributed by atoms with Crippen LogP contribution in [-0.2, 0) is 9.53 Å². The van der Waals surface area contributed by atoms with Gasteiger partial charge in [0.25, 0.3) is 5.91 Å². The standard InChI is InChI=1S/C24H29NO5S/c1-3-4-5-14-30-18-10-6-9-17(16-18)21-20(22(26)19-11-7-15-31-19)23(27)24(28)25(21)12-8-13-29-2/h6-7,9-11,15-16,21,27H,3-5,8,12-14H2,1-2H3. The molecule has 1 atom stereocenters. The fraction of sp³-hybridized carbons (Fsp3) is 0.417. The molecule has 2 aromatic rings. The van der Waals surface area contributed by atoms with Gasteiger partial charge in [-0.3, -0.25) is 9.59 Å². The number of nitrogens with zero attached hydrogens (tertiary/aromatic N) is 1. The number of benzene rings is 1. The maximum absolute atomic E-state index is 13.2. The molecular formula is C24H29NO5S. The lowest BCUT2D eigenvalue weighted by Gasteiger charge is -2.27. The molecule has 2 heterocycles. The van der Waals surface area contributed by atoms with Crippen LogP contribution in [0.3, 0.4) is 0 Å². The maximum atomic E-state index is 13.2. The molecule has 0 aliphatic carbocycles. The Kier molecular flexibility index (Phi) is 8.26.